The highest BCUT2D eigenvalue weighted by molar-refractivity contribution is 7.79. The van der Waals surface area contributed by atoms with E-state index < -0.39 is 0 Å². The predicted octanol–water partition coefficient (Wildman–Crippen LogP) is 5.63. The van der Waals surface area contributed by atoms with E-state index in [0.29, 0.717) is 6.04 Å². The summed E-state index contributed by atoms with van der Waals surface area (Å²) in [7, 11) is 6.17. The maximum Gasteiger partial charge on any atom is 0.161 e. The first kappa shape index (κ1) is 30.5. The fourth-order valence-corrected chi connectivity index (χ4v) is 4.46. The number of rotatable bonds is 12. The van der Waals surface area contributed by atoms with Crippen LogP contribution in [-0.4, -0.2) is 67.9 Å². The van der Waals surface area contributed by atoms with Crippen LogP contribution in [0.3, 0.4) is 0 Å². The Hall–Kier alpha value is 0.320. The molecule has 0 radical (unpaired) electrons. The normalized spacial score (nSPS) is 17.8. The third kappa shape index (κ3) is 13.5. The molecule has 0 amide bonds. The Bertz CT molecular complexity index is 347. The van der Waals surface area contributed by atoms with Gasteiger partial charge in [0.25, 0.3) is 0 Å². The van der Waals surface area contributed by atoms with E-state index in [2.05, 4.69) is 63.6 Å². The molecule has 0 bridgehead atoms. The van der Waals surface area contributed by atoms with Crippen molar-refractivity contribution in [3.05, 3.63) is 0 Å². The van der Waals surface area contributed by atoms with Crippen LogP contribution in [0.1, 0.15) is 78.6 Å². The van der Waals surface area contributed by atoms with Gasteiger partial charge in [-0.3, -0.25) is 4.48 Å². The molecule has 3 nitrogen and oxygen atoms in total. The first-order valence-corrected chi connectivity index (χ1v) is 12.8. The Labute approximate surface area is 188 Å². The van der Waals surface area contributed by atoms with Gasteiger partial charge in [-0.1, -0.05) is 59.3 Å². The van der Waals surface area contributed by atoms with Crippen molar-refractivity contribution in [2.45, 2.75) is 84.6 Å². The summed E-state index contributed by atoms with van der Waals surface area (Å²) in [6.07, 6.45) is 14.1. The number of thiocarbonyl (C=S) groups is 1. The van der Waals surface area contributed by atoms with Gasteiger partial charge in [0.15, 0.2) is 5.49 Å². The molecule has 2 N–H and O–H groups in total. The number of likely N-dealkylation sites (N-methyl/N-ethyl adjacent to an activating group) is 2. The van der Waals surface area contributed by atoms with Crippen molar-refractivity contribution in [2.24, 2.45) is 17.6 Å². The fourth-order valence-electron chi connectivity index (χ4n) is 4.18. The number of nitrogens with two attached hydrogens (primary N) is 1. The van der Waals surface area contributed by atoms with Gasteiger partial charge in [-0.05, 0) is 63.8 Å². The van der Waals surface area contributed by atoms with Crippen molar-refractivity contribution in [1.29, 1.82) is 0 Å². The number of nitrogens with zero attached hydrogens (tertiary/aromatic N) is 2. The molecule has 1 aliphatic rings. The van der Waals surface area contributed by atoms with Crippen LogP contribution in [0, 0.1) is 11.8 Å². The van der Waals surface area contributed by atoms with Gasteiger partial charge in [-0.15, -0.1) is 0 Å². The third-order valence-corrected chi connectivity index (χ3v) is 6.46. The molecule has 1 saturated carbocycles. The van der Waals surface area contributed by atoms with Crippen LogP contribution < -0.4 is 5.73 Å². The van der Waals surface area contributed by atoms with E-state index >= 15 is 0 Å². The zero-order valence-corrected chi connectivity index (χ0v) is 21.8. The number of hydrogen-bond acceptors (Lipinski definition) is 4. The van der Waals surface area contributed by atoms with Crippen molar-refractivity contribution in [3.63, 3.8) is 0 Å². The lowest BCUT2D eigenvalue weighted by molar-refractivity contribution is -0.840. The molecular formula is C23H52N3S2+. The molecule has 2 atom stereocenters. The van der Waals surface area contributed by atoms with Gasteiger partial charge >= 0.3 is 0 Å². The van der Waals surface area contributed by atoms with Crippen molar-refractivity contribution in [3.8, 4) is 0 Å². The van der Waals surface area contributed by atoms with Gasteiger partial charge in [0.2, 0.25) is 0 Å². The lowest BCUT2D eigenvalue weighted by atomic mass is 9.86. The Kier molecular flexibility index (Phi) is 21.0. The SMILES string of the molecule is CCCCN(C)CC(CC(C)C)[N+](C)(C=S)CCC1CCCCC1.CN.CS. The van der Waals surface area contributed by atoms with Crippen LogP contribution >= 0.6 is 24.8 Å². The van der Waals surface area contributed by atoms with Crippen LogP contribution in [0.15, 0.2) is 0 Å². The second-order valence-electron chi connectivity index (χ2n) is 8.87. The highest BCUT2D eigenvalue weighted by Crippen LogP contribution is 2.28. The molecule has 0 heterocycles. The molecule has 28 heavy (non-hydrogen) atoms. The van der Waals surface area contributed by atoms with Crippen molar-refractivity contribution in [1.82, 2.24) is 4.90 Å². The fraction of sp³-hybridized carbons (Fsp3) is 0.957. The van der Waals surface area contributed by atoms with E-state index in [9.17, 15) is 0 Å². The summed E-state index contributed by atoms with van der Waals surface area (Å²) in [6, 6.07) is 0.632. The number of unbranched alkanes of at least 4 members (excludes halogenated alkanes) is 1. The van der Waals surface area contributed by atoms with E-state index in [4.69, 9.17) is 12.2 Å². The first-order chi connectivity index (χ1) is 13.4. The van der Waals surface area contributed by atoms with E-state index in [-0.39, 0.29) is 0 Å². The summed E-state index contributed by atoms with van der Waals surface area (Å²) < 4.78 is 0.973. The maximum atomic E-state index is 5.55. The van der Waals surface area contributed by atoms with Crippen LogP contribution in [-0.2, 0) is 0 Å². The van der Waals surface area contributed by atoms with Gasteiger partial charge in [0.1, 0.15) is 6.04 Å². The number of hydrogen-bond donors (Lipinski definition) is 2. The Balaban J connectivity index is 0. The topological polar surface area (TPSA) is 29.3 Å². The van der Waals surface area contributed by atoms with E-state index in [1.54, 1.807) is 6.26 Å². The Morgan fingerprint density at radius 1 is 1.18 bits per heavy atom. The standard InChI is InChI=1S/C21H43N2S.CH5N.CH4S/c1-6-7-14-22(4)17-21(16-19(2)3)23(5,18-24)15-13-20-11-9-8-10-12-20;2*1-2/h18-21H,6-17H2,1-5H3;2H2,1H3;2H,1H3/q+1;;. The minimum absolute atomic E-state index is 0.632. The Morgan fingerprint density at radius 2 is 1.75 bits per heavy atom. The van der Waals surface area contributed by atoms with Crippen LogP contribution in [0.25, 0.3) is 0 Å². The number of thiol groups is 1. The molecule has 2 unspecified atom stereocenters. The molecule has 170 valence electrons. The van der Waals surface area contributed by atoms with Gasteiger partial charge in [-0.2, -0.15) is 12.6 Å². The molecule has 0 aliphatic heterocycles. The molecule has 0 spiro atoms. The predicted molar refractivity (Wildman–Crippen MR) is 137 cm³/mol. The average molecular weight is 435 g/mol. The Morgan fingerprint density at radius 3 is 2.21 bits per heavy atom. The number of quaternary nitrogens is 1. The summed E-state index contributed by atoms with van der Waals surface area (Å²) >= 11 is 9.08. The summed E-state index contributed by atoms with van der Waals surface area (Å²) in [5.74, 6) is 1.68. The van der Waals surface area contributed by atoms with Crippen molar-refractivity contribution < 1.29 is 4.48 Å². The lowest BCUT2D eigenvalue weighted by Gasteiger charge is -2.41. The second kappa shape index (κ2) is 19.3. The smallest absolute Gasteiger partial charge is 0.161 e. The molecule has 0 saturated heterocycles. The summed E-state index contributed by atoms with van der Waals surface area (Å²) in [5.41, 5.74) is 6.57. The van der Waals surface area contributed by atoms with Gasteiger partial charge < -0.3 is 10.6 Å². The quantitative estimate of drug-likeness (QED) is 0.237. The molecule has 1 rings (SSSR count). The minimum atomic E-state index is 0.632. The zero-order chi connectivity index (χ0) is 22.0. The monoisotopic (exact) mass is 434 g/mol. The molecule has 0 aromatic carbocycles. The van der Waals surface area contributed by atoms with E-state index in [1.807, 2.05) is 0 Å². The minimum Gasteiger partial charge on any atom is -0.333 e. The summed E-state index contributed by atoms with van der Waals surface area (Å²) in [4.78, 5) is 2.53. The second-order valence-corrected chi connectivity index (χ2v) is 9.08. The van der Waals surface area contributed by atoms with Gasteiger partial charge in [-0.25, -0.2) is 0 Å². The molecular weight excluding hydrogens is 382 g/mol. The maximum absolute atomic E-state index is 5.55. The average Bonchev–Trinajstić information content (AvgIpc) is 2.73. The van der Waals surface area contributed by atoms with Crippen molar-refractivity contribution >= 4 is 30.3 Å². The molecule has 1 aliphatic carbocycles. The van der Waals surface area contributed by atoms with Crippen molar-refractivity contribution in [2.75, 3.05) is 47.0 Å². The van der Waals surface area contributed by atoms with Gasteiger partial charge in [0, 0.05) is 6.42 Å². The first-order valence-electron chi connectivity index (χ1n) is 11.4. The highest BCUT2D eigenvalue weighted by atomic mass is 32.1. The lowest BCUT2D eigenvalue weighted by Crippen LogP contribution is -2.56. The summed E-state index contributed by atoms with van der Waals surface area (Å²) in [5, 5.41) is 0. The van der Waals surface area contributed by atoms with Crippen LogP contribution in [0.5, 0.6) is 0 Å². The summed E-state index contributed by atoms with van der Waals surface area (Å²) in [6.45, 7) is 10.6. The van der Waals surface area contributed by atoms with Gasteiger partial charge in [0.05, 0.1) is 20.1 Å². The van der Waals surface area contributed by atoms with E-state index in [1.165, 1.54) is 84.5 Å². The highest BCUT2D eigenvalue weighted by Gasteiger charge is 2.33. The third-order valence-electron chi connectivity index (χ3n) is 5.98. The zero-order valence-electron chi connectivity index (χ0n) is 20.1. The van der Waals surface area contributed by atoms with E-state index in [0.717, 1.165) is 16.3 Å². The van der Waals surface area contributed by atoms with Crippen LogP contribution in [0.4, 0.5) is 0 Å². The largest absolute Gasteiger partial charge is 0.333 e. The van der Waals surface area contributed by atoms with Crippen LogP contribution in [0.2, 0.25) is 0 Å². The molecule has 0 aromatic rings. The molecule has 5 heteroatoms. The molecule has 0 aromatic heterocycles. The molecule has 1 fully saturated rings.